The summed E-state index contributed by atoms with van der Waals surface area (Å²) in [5.74, 6) is 0.611. The number of nitrogens with one attached hydrogen (secondary N) is 1. The van der Waals surface area contributed by atoms with Crippen molar-refractivity contribution in [1.82, 2.24) is 5.43 Å². The molecule has 0 bridgehead atoms. The molecule has 5 heteroatoms. The van der Waals surface area contributed by atoms with Crippen LogP contribution in [0.2, 0.25) is 0 Å². The smallest absolute Gasteiger partial charge is 0.205 e. The molecule has 11 heavy (non-hydrogen) atoms. The second kappa shape index (κ2) is 5.91. The predicted molar refractivity (Wildman–Crippen MR) is 49.3 cm³/mol. The van der Waals surface area contributed by atoms with Crippen molar-refractivity contribution in [1.29, 1.82) is 0 Å². The molecule has 0 aromatic rings. The second-order valence-corrected chi connectivity index (χ2v) is 2.21. The SMILES string of the molecule is CCO/C(CC)=N/NC(N)=S. The lowest BCUT2D eigenvalue weighted by atomic mass is 10.5. The van der Waals surface area contributed by atoms with Crippen molar-refractivity contribution in [2.45, 2.75) is 20.3 Å². The minimum atomic E-state index is 0.149. The van der Waals surface area contributed by atoms with Crippen LogP contribution in [0.3, 0.4) is 0 Å². The van der Waals surface area contributed by atoms with Crippen molar-refractivity contribution in [3.05, 3.63) is 0 Å². The number of rotatable bonds is 3. The van der Waals surface area contributed by atoms with Gasteiger partial charge >= 0.3 is 0 Å². The summed E-state index contributed by atoms with van der Waals surface area (Å²) >= 11 is 4.55. The molecule has 0 rings (SSSR count). The number of hydrogen-bond acceptors (Lipinski definition) is 3. The third-order valence-electron chi connectivity index (χ3n) is 0.904. The van der Waals surface area contributed by atoms with Crippen molar-refractivity contribution >= 4 is 23.2 Å². The minimum Gasteiger partial charge on any atom is -0.480 e. The average molecular weight is 175 g/mol. The highest BCUT2D eigenvalue weighted by Gasteiger charge is 1.93. The maximum absolute atomic E-state index is 5.15. The van der Waals surface area contributed by atoms with E-state index in [1.807, 2.05) is 13.8 Å². The number of nitrogens with zero attached hydrogens (tertiary/aromatic N) is 1. The van der Waals surface area contributed by atoms with Gasteiger partial charge in [0.2, 0.25) is 5.90 Å². The van der Waals surface area contributed by atoms with Gasteiger partial charge in [0.25, 0.3) is 0 Å². The van der Waals surface area contributed by atoms with E-state index in [9.17, 15) is 0 Å². The molecule has 0 heterocycles. The Morgan fingerprint density at radius 1 is 1.64 bits per heavy atom. The van der Waals surface area contributed by atoms with Crippen molar-refractivity contribution < 1.29 is 4.74 Å². The minimum absolute atomic E-state index is 0.149. The fraction of sp³-hybridized carbons (Fsp3) is 0.667. The fourth-order valence-electron chi connectivity index (χ4n) is 0.497. The van der Waals surface area contributed by atoms with Crippen LogP contribution in [0.4, 0.5) is 0 Å². The van der Waals surface area contributed by atoms with Crippen LogP contribution in [0, 0.1) is 0 Å². The topological polar surface area (TPSA) is 59.6 Å². The van der Waals surface area contributed by atoms with Gasteiger partial charge in [-0.3, -0.25) is 5.43 Å². The molecule has 0 aliphatic carbocycles. The van der Waals surface area contributed by atoms with Crippen LogP contribution in [0.15, 0.2) is 5.10 Å². The highest BCUT2D eigenvalue weighted by atomic mass is 32.1. The van der Waals surface area contributed by atoms with Crippen LogP contribution < -0.4 is 11.2 Å². The van der Waals surface area contributed by atoms with Crippen LogP contribution in [0.25, 0.3) is 0 Å². The van der Waals surface area contributed by atoms with Gasteiger partial charge in [-0.2, -0.15) is 0 Å². The van der Waals surface area contributed by atoms with Crippen LogP contribution in [-0.4, -0.2) is 17.6 Å². The molecular weight excluding hydrogens is 162 g/mol. The van der Waals surface area contributed by atoms with E-state index in [4.69, 9.17) is 10.5 Å². The van der Waals surface area contributed by atoms with E-state index in [0.29, 0.717) is 12.5 Å². The van der Waals surface area contributed by atoms with E-state index in [1.54, 1.807) is 0 Å². The van der Waals surface area contributed by atoms with Gasteiger partial charge < -0.3 is 10.5 Å². The van der Waals surface area contributed by atoms with Crippen LogP contribution in [-0.2, 0) is 4.74 Å². The van der Waals surface area contributed by atoms with Crippen LogP contribution >= 0.6 is 12.2 Å². The normalized spacial score (nSPS) is 10.9. The number of nitrogens with two attached hydrogens (primary N) is 1. The predicted octanol–water partition coefficient (Wildman–Crippen LogP) is 0.580. The molecule has 0 aromatic heterocycles. The zero-order valence-electron chi connectivity index (χ0n) is 6.76. The molecule has 0 aliphatic rings. The molecule has 0 fully saturated rings. The first kappa shape index (κ1) is 10.2. The number of hydrogen-bond donors (Lipinski definition) is 2. The molecule has 0 aliphatic heterocycles. The van der Waals surface area contributed by atoms with Crippen molar-refractivity contribution in [3.63, 3.8) is 0 Å². The van der Waals surface area contributed by atoms with Gasteiger partial charge in [0.15, 0.2) is 5.11 Å². The first-order valence-corrected chi connectivity index (χ1v) is 3.86. The monoisotopic (exact) mass is 175 g/mol. The molecule has 0 saturated carbocycles. The molecule has 0 saturated heterocycles. The van der Waals surface area contributed by atoms with E-state index in [2.05, 4.69) is 22.7 Å². The standard InChI is InChI=1S/C6H13N3OS/c1-3-5(10-4-2)8-9-6(7)11/h3-4H2,1-2H3,(H3,7,9,11)/b8-5+. The van der Waals surface area contributed by atoms with E-state index < -0.39 is 0 Å². The Morgan fingerprint density at radius 3 is 2.64 bits per heavy atom. The Bertz CT molecular complexity index is 158. The zero-order valence-corrected chi connectivity index (χ0v) is 7.57. The van der Waals surface area contributed by atoms with E-state index in [1.165, 1.54) is 0 Å². The Morgan fingerprint density at radius 2 is 2.27 bits per heavy atom. The maximum atomic E-state index is 5.15. The van der Waals surface area contributed by atoms with Crippen LogP contribution in [0.1, 0.15) is 20.3 Å². The van der Waals surface area contributed by atoms with Crippen LogP contribution in [0.5, 0.6) is 0 Å². The third-order valence-corrected chi connectivity index (χ3v) is 0.995. The molecule has 4 nitrogen and oxygen atoms in total. The quantitative estimate of drug-likeness (QED) is 0.285. The highest BCUT2D eigenvalue weighted by molar-refractivity contribution is 7.80. The summed E-state index contributed by atoms with van der Waals surface area (Å²) in [4.78, 5) is 0. The first-order chi connectivity index (χ1) is 5.20. The summed E-state index contributed by atoms with van der Waals surface area (Å²) in [6.45, 7) is 4.44. The molecule has 0 spiro atoms. The lowest BCUT2D eigenvalue weighted by Gasteiger charge is -2.03. The summed E-state index contributed by atoms with van der Waals surface area (Å²) in [6.07, 6.45) is 0.726. The Labute approximate surface area is 71.8 Å². The molecule has 0 aromatic carbocycles. The molecular formula is C6H13N3OS. The highest BCUT2D eigenvalue weighted by Crippen LogP contribution is 1.86. The lowest BCUT2D eigenvalue weighted by Crippen LogP contribution is -2.25. The molecule has 0 atom stereocenters. The molecule has 3 N–H and O–H groups in total. The maximum Gasteiger partial charge on any atom is 0.205 e. The van der Waals surface area contributed by atoms with Gasteiger partial charge in [-0.05, 0) is 19.1 Å². The van der Waals surface area contributed by atoms with Crippen molar-refractivity contribution in [3.8, 4) is 0 Å². The first-order valence-electron chi connectivity index (χ1n) is 3.45. The average Bonchev–Trinajstić information content (AvgIpc) is 1.97. The Balaban J connectivity index is 3.80. The summed E-state index contributed by atoms with van der Waals surface area (Å²) in [5.41, 5.74) is 7.60. The van der Waals surface area contributed by atoms with Gasteiger partial charge in [-0.1, -0.05) is 6.92 Å². The molecule has 0 amide bonds. The number of ether oxygens (including phenoxy) is 1. The third kappa shape index (κ3) is 5.60. The zero-order chi connectivity index (χ0) is 8.69. The van der Waals surface area contributed by atoms with Gasteiger partial charge in [0, 0.05) is 6.42 Å². The van der Waals surface area contributed by atoms with Gasteiger partial charge in [0.05, 0.1) is 6.61 Å². The summed E-state index contributed by atoms with van der Waals surface area (Å²) in [7, 11) is 0. The largest absolute Gasteiger partial charge is 0.480 e. The van der Waals surface area contributed by atoms with E-state index in [0.717, 1.165) is 6.42 Å². The summed E-state index contributed by atoms with van der Waals surface area (Å²) < 4.78 is 5.11. The van der Waals surface area contributed by atoms with E-state index in [-0.39, 0.29) is 5.11 Å². The molecule has 64 valence electrons. The van der Waals surface area contributed by atoms with Crippen molar-refractivity contribution in [2.75, 3.05) is 6.61 Å². The molecule has 0 unspecified atom stereocenters. The number of hydrazone groups is 1. The lowest BCUT2D eigenvalue weighted by molar-refractivity contribution is 0.316. The van der Waals surface area contributed by atoms with Crippen molar-refractivity contribution in [2.24, 2.45) is 10.8 Å². The number of thiocarbonyl (C=S) groups is 1. The van der Waals surface area contributed by atoms with E-state index >= 15 is 0 Å². The fourth-order valence-corrected chi connectivity index (χ4v) is 0.543. The van der Waals surface area contributed by atoms with Gasteiger partial charge in [-0.15, -0.1) is 5.10 Å². The Kier molecular flexibility index (Phi) is 5.46. The van der Waals surface area contributed by atoms with Gasteiger partial charge in [-0.25, -0.2) is 0 Å². The molecule has 0 radical (unpaired) electrons. The van der Waals surface area contributed by atoms with Gasteiger partial charge in [0.1, 0.15) is 0 Å². The summed E-state index contributed by atoms with van der Waals surface area (Å²) in [6, 6.07) is 0. The Hall–Kier alpha value is -0.840. The second-order valence-electron chi connectivity index (χ2n) is 1.77. The summed E-state index contributed by atoms with van der Waals surface area (Å²) in [5, 5.41) is 3.96.